The van der Waals surface area contributed by atoms with Gasteiger partial charge in [-0.25, -0.2) is 4.98 Å². The van der Waals surface area contributed by atoms with Crippen molar-refractivity contribution in [2.75, 3.05) is 6.61 Å². The topological polar surface area (TPSA) is 45.9 Å². The Morgan fingerprint density at radius 2 is 2.20 bits per heavy atom. The quantitative estimate of drug-likeness (QED) is 0.778. The Bertz CT molecular complexity index is 370. The molecule has 1 rings (SSSR count). The lowest BCUT2D eigenvalue weighted by Crippen LogP contribution is -2.13. The Balaban J connectivity index is 2.48. The molecule has 1 heterocycles. The van der Waals surface area contributed by atoms with Crippen LogP contribution in [0.4, 0.5) is 13.2 Å². The van der Waals surface area contributed by atoms with E-state index in [1.54, 1.807) is 0 Å². The molecule has 0 unspecified atom stereocenters. The van der Waals surface area contributed by atoms with Crippen molar-refractivity contribution in [1.82, 2.24) is 4.98 Å². The fourth-order valence-corrected chi connectivity index (χ4v) is 0.829. The number of nitriles is 1. The van der Waals surface area contributed by atoms with Crippen LogP contribution in [-0.2, 0) is 0 Å². The van der Waals surface area contributed by atoms with E-state index in [4.69, 9.17) is 10.00 Å². The number of ether oxygens (including phenoxy) is 1. The highest BCUT2D eigenvalue weighted by molar-refractivity contribution is 5.31. The van der Waals surface area contributed by atoms with E-state index >= 15 is 0 Å². The number of nitrogens with zero attached hydrogens (tertiary/aromatic N) is 2. The summed E-state index contributed by atoms with van der Waals surface area (Å²) in [4.78, 5) is 3.67. The van der Waals surface area contributed by atoms with Crippen LogP contribution in [0.15, 0.2) is 18.3 Å². The Hall–Kier alpha value is -1.77. The zero-order chi connectivity index (χ0) is 11.3. The molecule has 0 aromatic carbocycles. The van der Waals surface area contributed by atoms with Gasteiger partial charge in [-0.15, -0.1) is 0 Å². The minimum absolute atomic E-state index is 0.0262. The molecule has 0 radical (unpaired) electrons. The van der Waals surface area contributed by atoms with E-state index in [2.05, 4.69) is 4.98 Å². The van der Waals surface area contributed by atoms with Crippen LogP contribution in [-0.4, -0.2) is 17.8 Å². The second kappa shape index (κ2) is 4.64. The van der Waals surface area contributed by atoms with Crippen molar-refractivity contribution in [1.29, 1.82) is 5.26 Å². The molecule has 0 aliphatic rings. The Morgan fingerprint density at radius 3 is 2.80 bits per heavy atom. The first-order valence-electron chi connectivity index (χ1n) is 4.07. The van der Waals surface area contributed by atoms with Crippen LogP contribution in [0.3, 0.4) is 0 Å². The maximum absolute atomic E-state index is 11.8. The van der Waals surface area contributed by atoms with Crippen LogP contribution in [0, 0.1) is 11.3 Å². The van der Waals surface area contributed by atoms with Gasteiger partial charge in [0.15, 0.2) is 0 Å². The number of hydrogen-bond acceptors (Lipinski definition) is 3. The van der Waals surface area contributed by atoms with Gasteiger partial charge in [0.05, 0.1) is 24.7 Å². The standard InChI is InChI=1S/C9H7F3N2O/c10-9(11,12)2-4-15-8-5-7(6-13)1-3-14-8/h1,3,5H,2,4H2. The van der Waals surface area contributed by atoms with Crippen LogP contribution in [0.2, 0.25) is 0 Å². The van der Waals surface area contributed by atoms with Gasteiger partial charge in [0.1, 0.15) is 0 Å². The maximum atomic E-state index is 11.8. The summed E-state index contributed by atoms with van der Waals surface area (Å²) in [5, 5.41) is 8.50. The third-order valence-electron chi connectivity index (χ3n) is 1.50. The van der Waals surface area contributed by atoms with Gasteiger partial charge in [0.25, 0.3) is 0 Å². The fourth-order valence-electron chi connectivity index (χ4n) is 0.829. The van der Waals surface area contributed by atoms with Gasteiger partial charge < -0.3 is 4.74 Å². The predicted molar refractivity (Wildman–Crippen MR) is 45.1 cm³/mol. The smallest absolute Gasteiger partial charge is 0.392 e. The number of halogens is 3. The molecule has 0 aliphatic carbocycles. The molecule has 15 heavy (non-hydrogen) atoms. The van der Waals surface area contributed by atoms with E-state index in [9.17, 15) is 13.2 Å². The third-order valence-corrected chi connectivity index (χ3v) is 1.50. The zero-order valence-electron chi connectivity index (χ0n) is 7.58. The average molecular weight is 216 g/mol. The van der Waals surface area contributed by atoms with Gasteiger partial charge in [-0.2, -0.15) is 18.4 Å². The highest BCUT2D eigenvalue weighted by Gasteiger charge is 2.26. The molecule has 0 N–H and O–H groups in total. The SMILES string of the molecule is N#Cc1ccnc(OCCC(F)(F)F)c1. The molecule has 0 spiro atoms. The summed E-state index contributed by atoms with van der Waals surface area (Å²) in [6.07, 6.45) is -3.97. The summed E-state index contributed by atoms with van der Waals surface area (Å²) in [6.45, 7) is -0.495. The molecule has 0 atom stereocenters. The first kappa shape index (κ1) is 11.3. The second-order valence-corrected chi connectivity index (χ2v) is 2.71. The normalized spacial score (nSPS) is 10.8. The number of rotatable bonds is 3. The first-order chi connectivity index (χ1) is 7.01. The maximum Gasteiger partial charge on any atom is 0.392 e. The number of alkyl halides is 3. The molecule has 1 aromatic heterocycles. The molecule has 6 heteroatoms. The number of pyridine rings is 1. The molecule has 1 aromatic rings. The molecule has 0 saturated carbocycles. The van der Waals surface area contributed by atoms with Gasteiger partial charge in [-0.3, -0.25) is 0 Å². The van der Waals surface area contributed by atoms with E-state index < -0.39 is 19.2 Å². The molecule has 0 amide bonds. The van der Waals surface area contributed by atoms with Crippen molar-refractivity contribution >= 4 is 0 Å². The lowest BCUT2D eigenvalue weighted by molar-refractivity contribution is -0.139. The van der Waals surface area contributed by atoms with Crippen molar-refractivity contribution in [2.24, 2.45) is 0 Å². The van der Waals surface area contributed by atoms with E-state index in [-0.39, 0.29) is 5.88 Å². The summed E-state index contributed by atoms with van der Waals surface area (Å²) in [7, 11) is 0. The first-order valence-corrected chi connectivity index (χ1v) is 4.07. The monoisotopic (exact) mass is 216 g/mol. The summed E-state index contributed by atoms with van der Waals surface area (Å²) in [5.41, 5.74) is 0.298. The van der Waals surface area contributed by atoms with E-state index in [0.29, 0.717) is 5.56 Å². The van der Waals surface area contributed by atoms with Gasteiger partial charge in [0, 0.05) is 12.3 Å². The molecule has 0 aliphatic heterocycles. The van der Waals surface area contributed by atoms with Gasteiger partial charge >= 0.3 is 6.18 Å². The summed E-state index contributed by atoms with van der Waals surface area (Å²) in [5.74, 6) is 0.0262. The Kier molecular flexibility index (Phi) is 3.50. The van der Waals surface area contributed by atoms with Gasteiger partial charge in [-0.1, -0.05) is 0 Å². The van der Waals surface area contributed by atoms with Crippen molar-refractivity contribution in [3.8, 4) is 11.9 Å². The molecule has 0 bridgehead atoms. The molecular weight excluding hydrogens is 209 g/mol. The lowest BCUT2D eigenvalue weighted by atomic mass is 10.3. The van der Waals surface area contributed by atoms with Crippen LogP contribution in [0.5, 0.6) is 5.88 Å². The second-order valence-electron chi connectivity index (χ2n) is 2.71. The third kappa shape index (κ3) is 4.31. The van der Waals surface area contributed by atoms with Crippen LogP contribution < -0.4 is 4.74 Å². The minimum Gasteiger partial charge on any atom is -0.477 e. The Labute approximate surface area is 84.1 Å². The lowest BCUT2D eigenvalue weighted by Gasteiger charge is -2.07. The Morgan fingerprint density at radius 1 is 1.47 bits per heavy atom. The molecular formula is C9H7F3N2O. The predicted octanol–water partition coefficient (Wildman–Crippen LogP) is 2.28. The van der Waals surface area contributed by atoms with Crippen LogP contribution >= 0.6 is 0 Å². The molecule has 0 saturated heterocycles. The summed E-state index contributed by atoms with van der Waals surface area (Å²) in [6, 6.07) is 4.56. The zero-order valence-corrected chi connectivity index (χ0v) is 7.58. The summed E-state index contributed by atoms with van der Waals surface area (Å²) >= 11 is 0. The van der Waals surface area contributed by atoms with Crippen LogP contribution in [0.1, 0.15) is 12.0 Å². The minimum atomic E-state index is -4.24. The molecule has 0 fully saturated rings. The van der Waals surface area contributed by atoms with Crippen molar-refractivity contribution < 1.29 is 17.9 Å². The highest BCUT2D eigenvalue weighted by atomic mass is 19.4. The van der Waals surface area contributed by atoms with Crippen molar-refractivity contribution in [2.45, 2.75) is 12.6 Å². The van der Waals surface area contributed by atoms with Gasteiger partial charge in [0.2, 0.25) is 5.88 Å². The van der Waals surface area contributed by atoms with Crippen molar-refractivity contribution in [3.63, 3.8) is 0 Å². The fraction of sp³-hybridized carbons (Fsp3) is 0.333. The van der Waals surface area contributed by atoms with E-state index in [0.717, 1.165) is 0 Å². The average Bonchev–Trinajstić information content (AvgIpc) is 2.16. The number of hydrogen-bond donors (Lipinski definition) is 0. The molecule has 80 valence electrons. The molecule has 3 nitrogen and oxygen atoms in total. The van der Waals surface area contributed by atoms with E-state index in [1.165, 1.54) is 18.3 Å². The van der Waals surface area contributed by atoms with Crippen LogP contribution in [0.25, 0.3) is 0 Å². The van der Waals surface area contributed by atoms with Gasteiger partial charge in [-0.05, 0) is 6.07 Å². The largest absolute Gasteiger partial charge is 0.477 e. The number of aromatic nitrogens is 1. The summed E-state index contributed by atoms with van der Waals surface area (Å²) < 4.78 is 40.0. The van der Waals surface area contributed by atoms with E-state index in [1.807, 2.05) is 6.07 Å². The van der Waals surface area contributed by atoms with Crippen molar-refractivity contribution in [3.05, 3.63) is 23.9 Å². The highest BCUT2D eigenvalue weighted by Crippen LogP contribution is 2.19.